The summed E-state index contributed by atoms with van der Waals surface area (Å²) in [6.07, 6.45) is 0.582. The molecule has 0 fully saturated rings. The molecule has 0 heterocycles. The molecule has 0 spiro atoms. The number of aliphatic hydroxyl groups is 1. The van der Waals surface area contributed by atoms with E-state index in [1.54, 1.807) is 11.9 Å². The molecule has 1 atom stereocenters. The Morgan fingerprint density at radius 2 is 1.78 bits per heavy atom. The van der Waals surface area contributed by atoms with E-state index in [4.69, 9.17) is 9.47 Å². The summed E-state index contributed by atoms with van der Waals surface area (Å²) in [5.74, 6) is -1.11. The Bertz CT molecular complexity index is 421. The SMILES string of the molecule is C=C(C)C(=O)OCC(O)COC(=O)CCCC(=O)N(C)CCC. The molecule has 0 radical (unpaired) electrons. The van der Waals surface area contributed by atoms with Crippen molar-refractivity contribution in [2.24, 2.45) is 0 Å². The van der Waals surface area contributed by atoms with Gasteiger partial charge in [0.05, 0.1) is 0 Å². The Morgan fingerprint density at radius 1 is 1.17 bits per heavy atom. The van der Waals surface area contributed by atoms with Crippen LogP contribution in [0.15, 0.2) is 12.2 Å². The minimum Gasteiger partial charge on any atom is -0.463 e. The lowest BCUT2D eigenvalue weighted by Crippen LogP contribution is -2.27. The molecule has 0 rings (SSSR count). The van der Waals surface area contributed by atoms with Crippen molar-refractivity contribution in [3.05, 3.63) is 12.2 Å². The van der Waals surface area contributed by atoms with Crippen molar-refractivity contribution in [1.29, 1.82) is 0 Å². The van der Waals surface area contributed by atoms with E-state index in [1.165, 1.54) is 6.92 Å². The average molecular weight is 329 g/mol. The summed E-state index contributed by atoms with van der Waals surface area (Å²) in [6.45, 7) is 7.06. The molecular weight excluding hydrogens is 302 g/mol. The zero-order valence-electron chi connectivity index (χ0n) is 14.2. The van der Waals surface area contributed by atoms with E-state index in [9.17, 15) is 19.5 Å². The van der Waals surface area contributed by atoms with Crippen molar-refractivity contribution in [2.45, 2.75) is 45.6 Å². The Kier molecular flexibility index (Phi) is 10.7. The summed E-state index contributed by atoms with van der Waals surface area (Å²) in [4.78, 5) is 35.9. The molecular formula is C16H27NO6. The van der Waals surface area contributed by atoms with Crippen molar-refractivity contribution in [2.75, 3.05) is 26.8 Å². The van der Waals surface area contributed by atoms with Crippen molar-refractivity contribution in [3.8, 4) is 0 Å². The van der Waals surface area contributed by atoms with Crippen LogP contribution in [0.1, 0.15) is 39.5 Å². The van der Waals surface area contributed by atoms with E-state index in [1.807, 2.05) is 6.92 Å². The number of nitrogens with zero attached hydrogens (tertiary/aromatic N) is 1. The molecule has 132 valence electrons. The number of amides is 1. The topological polar surface area (TPSA) is 93.1 Å². The van der Waals surface area contributed by atoms with Crippen LogP contribution in [0.3, 0.4) is 0 Å². The van der Waals surface area contributed by atoms with Crippen molar-refractivity contribution < 1.29 is 29.0 Å². The Hall–Kier alpha value is -1.89. The fourth-order valence-corrected chi connectivity index (χ4v) is 1.64. The Balaban J connectivity index is 3.80. The number of ether oxygens (including phenoxy) is 2. The fraction of sp³-hybridized carbons (Fsp3) is 0.688. The second-order valence-electron chi connectivity index (χ2n) is 5.38. The van der Waals surface area contributed by atoms with Gasteiger partial charge in [-0.05, 0) is 19.8 Å². The smallest absolute Gasteiger partial charge is 0.333 e. The monoisotopic (exact) mass is 329 g/mol. The summed E-state index contributed by atoms with van der Waals surface area (Å²) in [6, 6.07) is 0. The van der Waals surface area contributed by atoms with Crippen LogP contribution in [-0.4, -0.2) is 60.8 Å². The number of esters is 2. The summed E-state index contributed by atoms with van der Waals surface area (Å²) in [5.41, 5.74) is 0.229. The molecule has 0 aromatic rings. The molecule has 1 unspecified atom stereocenters. The predicted octanol–water partition coefficient (Wildman–Crippen LogP) is 1.05. The molecule has 0 bridgehead atoms. The lowest BCUT2D eigenvalue weighted by Gasteiger charge is -2.15. The largest absolute Gasteiger partial charge is 0.463 e. The van der Waals surface area contributed by atoms with E-state index < -0.39 is 18.0 Å². The van der Waals surface area contributed by atoms with Gasteiger partial charge in [-0.2, -0.15) is 0 Å². The summed E-state index contributed by atoms with van der Waals surface area (Å²) >= 11 is 0. The molecule has 0 aliphatic heterocycles. The third-order valence-electron chi connectivity index (χ3n) is 2.95. The van der Waals surface area contributed by atoms with Crippen molar-refractivity contribution in [1.82, 2.24) is 4.90 Å². The van der Waals surface area contributed by atoms with Gasteiger partial charge < -0.3 is 19.5 Å². The molecule has 23 heavy (non-hydrogen) atoms. The minimum absolute atomic E-state index is 0.00797. The zero-order valence-corrected chi connectivity index (χ0v) is 14.2. The molecule has 0 aromatic heterocycles. The molecule has 7 nitrogen and oxygen atoms in total. The zero-order chi connectivity index (χ0) is 17.8. The first-order valence-corrected chi connectivity index (χ1v) is 7.68. The molecule has 0 aliphatic carbocycles. The molecule has 0 aliphatic rings. The highest BCUT2D eigenvalue weighted by Gasteiger charge is 2.13. The highest BCUT2D eigenvalue weighted by atomic mass is 16.6. The number of hydrogen-bond acceptors (Lipinski definition) is 6. The van der Waals surface area contributed by atoms with Gasteiger partial charge >= 0.3 is 11.9 Å². The normalized spacial score (nSPS) is 11.5. The predicted molar refractivity (Wildman–Crippen MR) is 84.5 cm³/mol. The molecule has 7 heteroatoms. The number of carbonyl (C=O) groups excluding carboxylic acids is 3. The van der Waals surface area contributed by atoms with Crippen molar-refractivity contribution >= 4 is 17.8 Å². The molecule has 1 N–H and O–H groups in total. The van der Waals surface area contributed by atoms with Crippen LogP contribution < -0.4 is 0 Å². The van der Waals surface area contributed by atoms with E-state index in [2.05, 4.69) is 6.58 Å². The first kappa shape index (κ1) is 21.1. The van der Waals surface area contributed by atoms with E-state index >= 15 is 0 Å². The van der Waals surface area contributed by atoms with Crippen LogP contribution in [0.2, 0.25) is 0 Å². The van der Waals surface area contributed by atoms with Gasteiger partial charge in [-0.1, -0.05) is 13.5 Å². The quantitative estimate of drug-likeness (QED) is 0.450. The van der Waals surface area contributed by atoms with Crippen molar-refractivity contribution in [3.63, 3.8) is 0 Å². The van der Waals surface area contributed by atoms with Gasteiger partial charge in [0.25, 0.3) is 0 Å². The van der Waals surface area contributed by atoms with Crippen LogP contribution >= 0.6 is 0 Å². The maximum absolute atomic E-state index is 11.7. The van der Waals surface area contributed by atoms with Gasteiger partial charge in [0, 0.05) is 32.0 Å². The number of carbonyl (C=O) groups is 3. The van der Waals surface area contributed by atoms with Gasteiger partial charge in [-0.3, -0.25) is 9.59 Å². The van der Waals surface area contributed by atoms with Gasteiger partial charge in [0.1, 0.15) is 19.3 Å². The molecule has 0 aromatic carbocycles. The number of hydrogen-bond donors (Lipinski definition) is 1. The average Bonchev–Trinajstić information content (AvgIpc) is 2.50. The first-order chi connectivity index (χ1) is 10.8. The van der Waals surface area contributed by atoms with Crippen LogP contribution in [0.25, 0.3) is 0 Å². The first-order valence-electron chi connectivity index (χ1n) is 7.68. The lowest BCUT2D eigenvalue weighted by atomic mass is 10.2. The standard InChI is InChI=1S/C16H27NO6/c1-5-9-17(4)14(19)7-6-8-15(20)22-10-13(18)11-23-16(21)12(2)3/h13,18H,2,5-11H2,1,3-4H3. The second kappa shape index (κ2) is 11.6. The second-order valence-corrected chi connectivity index (χ2v) is 5.38. The maximum Gasteiger partial charge on any atom is 0.333 e. The van der Waals surface area contributed by atoms with Crippen LogP contribution in [0, 0.1) is 0 Å². The molecule has 1 amide bonds. The summed E-state index contributed by atoms with van der Waals surface area (Å²) in [7, 11) is 1.73. The van der Waals surface area contributed by atoms with Gasteiger partial charge in [0.2, 0.25) is 5.91 Å². The summed E-state index contributed by atoms with van der Waals surface area (Å²) in [5, 5.41) is 9.53. The minimum atomic E-state index is -1.08. The maximum atomic E-state index is 11.7. The lowest BCUT2D eigenvalue weighted by molar-refractivity contribution is -0.150. The van der Waals surface area contributed by atoms with E-state index in [0.29, 0.717) is 13.0 Å². The van der Waals surface area contributed by atoms with Crippen LogP contribution in [0.4, 0.5) is 0 Å². The summed E-state index contributed by atoms with van der Waals surface area (Å²) < 4.78 is 9.59. The number of rotatable bonds is 11. The molecule has 0 saturated carbocycles. The van der Waals surface area contributed by atoms with Gasteiger partial charge in [-0.25, -0.2) is 4.79 Å². The highest BCUT2D eigenvalue weighted by molar-refractivity contribution is 5.86. The molecule has 0 saturated heterocycles. The van der Waals surface area contributed by atoms with E-state index in [-0.39, 0.29) is 37.5 Å². The van der Waals surface area contributed by atoms with Crippen LogP contribution in [0.5, 0.6) is 0 Å². The highest BCUT2D eigenvalue weighted by Crippen LogP contribution is 2.03. The fourth-order valence-electron chi connectivity index (χ4n) is 1.64. The van der Waals surface area contributed by atoms with E-state index in [0.717, 1.165) is 6.42 Å². The third kappa shape index (κ3) is 10.5. The van der Waals surface area contributed by atoms with Gasteiger partial charge in [0.15, 0.2) is 0 Å². The van der Waals surface area contributed by atoms with Gasteiger partial charge in [-0.15, -0.1) is 0 Å². The Morgan fingerprint density at radius 3 is 2.35 bits per heavy atom. The van der Waals surface area contributed by atoms with Crippen LogP contribution in [-0.2, 0) is 23.9 Å². The third-order valence-corrected chi connectivity index (χ3v) is 2.95. The number of aliphatic hydroxyl groups excluding tert-OH is 1. The Labute approximate surface area is 137 Å².